The number of aromatic nitrogens is 2. The molecule has 3 N–H and O–H groups in total. The summed E-state index contributed by atoms with van der Waals surface area (Å²) in [7, 11) is 1.69. The Labute approximate surface area is 102 Å². The molecular formula is C11H20N4O2. The van der Waals surface area contributed by atoms with Crippen molar-refractivity contribution >= 4 is 5.82 Å². The third kappa shape index (κ3) is 3.83. The summed E-state index contributed by atoms with van der Waals surface area (Å²) >= 11 is 0. The Morgan fingerprint density at radius 3 is 2.71 bits per heavy atom. The molecule has 0 aliphatic carbocycles. The van der Waals surface area contributed by atoms with Crippen LogP contribution in [0.3, 0.4) is 0 Å². The maximum atomic E-state index is 5.59. The van der Waals surface area contributed by atoms with Crippen LogP contribution in [0, 0.1) is 6.92 Å². The Balaban J connectivity index is 2.58. The van der Waals surface area contributed by atoms with Gasteiger partial charge in [0.25, 0.3) is 0 Å². The molecule has 0 unspecified atom stereocenters. The molecule has 96 valence electrons. The maximum absolute atomic E-state index is 5.59. The number of hydrogen-bond donors (Lipinski definition) is 2. The normalized spacial score (nSPS) is 11.4. The summed E-state index contributed by atoms with van der Waals surface area (Å²) < 4.78 is 10.9. The minimum atomic E-state index is -0.199. The van der Waals surface area contributed by atoms with Gasteiger partial charge < -0.3 is 14.9 Å². The average molecular weight is 240 g/mol. The van der Waals surface area contributed by atoms with Gasteiger partial charge in [-0.15, -0.1) is 0 Å². The second kappa shape index (κ2) is 5.79. The second-order valence-corrected chi connectivity index (χ2v) is 4.36. The Hall–Kier alpha value is -1.40. The van der Waals surface area contributed by atoms with Crippen LogP contribution < -0.4 is 16.0 Å². The molecule has 0 aromatic carbocycles. The van der Waals surface area contributed by atoms with Crippen molar-refractivity contribution in [3.05, 3.63) is 11.9 Å². The van der Waals surface area contributed by atoms with E-state index >= 15 is 0 Å². The highest BCUT2D eigenvalue weighted by molar-refractivity contribution is 5.46. The minimum absolute atomic E-state index is 0.199. The van der Waals surface area contributed by atoms with Gasteiger partial charge in [0, 0.05) is 13.5 Å². The summed E-state index contributed by atoms with van der Waals surface area (Å²) in [4.78, 5) is 8.04. The number of anilines is 1. The van der Waals surface area contributed by atoms with Gasteiger partial charge in [-0.05, 0) is 20.8 Å². The standard InChI is InChI=1S/C11H20N4O2/c1-8-9(15-12)13-7-14-10(8)17-6-5-11(2,3)16-4/h7H,5-6,12H2,1-4H3,(H,13,14,15). The van der Waals surface area contributed by atoms with Crippen LogP contribution in [0.15, 0.2) is 6.33 Å². The zero-order valence-electron chi connectivity index (χ0n) is 10.8. The number of hydrogen-bond acceptors (Lipinski definition) is 6. The first kappa shape index (κ1) is 13.7. The van der Waals surface area contributed by atoms with E-state index in [1.54, 1.807) is 7.11 Å². The molecule has 0 radical (unpaired) electrons. The molecule has 0 aliphatic rings. The number of nitrogens with two attached hydrogens (primary N) is 1. The lowest BCUT2D eigenvalue weighted by molar-refractivity contribution is 0.00502. The monoisotopic (exact) mass is 240 g/mol. The van der Waals surface area contributed by atoms with Gasteiger partial charge in [-0.25, -0.2) is 15.8 Å². The van der Waals surface area contributed by atoms with Crippen LogP contribution in [0.2, 0.25) is 0 Å². The lowest BCUT2D eigenvalue weighted by Crippen LogP contribution is -2.25. The predicted molar refractivity (Wildman–Crippen MR) is 65.8 cm³/mol. The molecule has 0 atom stereocenters. The molecule has 6 heteroatoms. The zero-order chi connectivity index (χ0) is 12.9. The van der Waals surface area contributed by atoms with E-state index in [9.17, 15) is 0 Å². The van der Waals surface area contributed by atoms with Gasteiger partial charge in [0.2, 0.25) is 5.88 Å². The fourth-order valence-electron chi connectivity index (χ4n) is 1.22. The molecule has 1 aromatic heterocycles. The Morgan fingerprint density at radius 2 is 2.12 bits per heavy atom. The van der Waals surface area contributed by atoms with Gasteiger partial charge in [0.15, 0.2) is 0 Å². The van der Waals surface area contributed by atoms with Crippen LogP contribution >= 0.6 is 0 Å². The van der Waals surface area contributed by atoms with Gasteiger partial charge in [-0.2, -0.15) is 0 Å². The molecule has 0 amide bonds. The third-order valence-corrected chi connectivity index (χ3v) is 2.67. The number of ether oxygens (including phenoxy) is 2. The van der Waals surface area contributed by atoms with Crippen molar-refractivity contribution in [1.82, 2.24) is 9.97 Å². The lowest BCUT2D eigenvalue weighted by atomic mass is 10.1. The smallest absolute Gasteiger partial charge is 0.221 e. The second-order valence-electron chi connectivity index (χ2n) is 4.36. The van der Waals surface area contributed by atoms with Gasteiger partial charge in [-0.3, -0.25) is 0 Å². The van der Waals surface area contributed by atoms with Crippen LogP contribution in [0.4, 0.5) is 5.82 Å². The number of methoxy groups -OCH3 is 1. The minimum Gasteiger partial charge on any atom is -0.477 e. The average Bonchev–Trinajstić information content (AvgIpc) is 2.31. The fraction of sp³-hybridized carbons (Fsp3) is 0.636. The number of rotatable bonds is 6. The number of nitrogens with zero attached hydrogens (tertiary/aromatic N) is 2. The summed E-state index contributed by atoms with van der Waals surface area (Å²) in [6, 6.07) is 0. The van der Waals surface area contributed by atoms with E-state index in [4.69, 9.17) is 15.3 Å². The van der Waals surface area contributed by atoms with Gasteiger partial charge >= 0.3 is 0 Å². The van der Waals surface area contributed by atoms with E-state index in [1.807, 2.05) is 20.8 Å². The molecule has 1 rings (SSSR count). The number of nitrogens with one attached hydrogen (secondary N) is 1. The van der Waals surface area contributed by atoms with E-state index in [0.717, 1.165) is 12.0 Å². The summed E-state index contributed by atoms with van der Waals surface area (Å²) in [5.41, 5.74) is 3.10. The SMILES string of the molecule is COC(C)(C)CCOc1ncnc(NN)c1C. The number of nitrogen functional groups attached to an aromatic ring is 1. The summed E-state index contributed by atoms with van der Waals surface area (Å²) in [6.45, 7) is 6.40. The molecule has 0 spiro atoms. The molecule has 0 saturated heterocycles. The van der Waals surface area contributed by atoms with E-state index in [0.29, 0.717) is 18.3 Å². The molecule has 0 saturated carbocycles. The van der Waals surface area contributed by atoms with Crippen molar-refractivity contribution in [3.63, 3.8) is 0 Å². The van der Waals surface area contributed by atoms with Crippen molar-refractivity contribution in [1.29, 1.82) is 0 Å². The van der Waals surface area contributed by atoms with Crippen LogP contribution in [0.5, 0.6) is 5.88 Å². The van der Waals surface area contributed by atoms with E-state index < -0.39 is 0 Å². The topological polar surface area (TPSA) is 82.3 Å². The first-order valence-electron chi connectivity index (χ1n) is 5.46. The molecule has 1 aromatic rings. The lowest BCUT2D eigenvalue weighted by Gasteiger charge is -2.22. The molecule has 0 bridgehead atoms. The number of hydrazine groups is 1. The Kier molecular flexibility index (Phi) is 4.65. The van der Waals surface area contributed by atoms with E-state index in [1.165, 1.54) is 6.33 Å². The Morgan fingerprint density at radius 1 is 1.41 bits per heavy atom. The highest BCUT2D eigenvalue weighted by Crippen LogP contribution is 2.20. The largest absolute Gasteiger partial charge is 0.477 e. The van der Waals surface area contributed by atoms with Crippen LogP contribution in [-0.2, 0) is 4.74 Å². The van der Waals surface area contributed by atoms with E-state index in [2.05, 4.69) is 15.4 Å². The van der Waals surface area contributed by atoms with Crippen molar-refractivity contribution in [3.8, 4) is 5.88 Å². The highest BCUT2D eigenvalue weighted by Gasteiger charge is 2.16. The Bertz CT molecular complexity index is 368. The van der Waals surface area contributed by atoms with Gasteiger partial charge in [0.1, 0.15) is 12.1 Å². The maximum Gasteiger partial charge on any atom is 0.221 e. The summed E-state index contributed by atoms with van der Waals surface area (Å²) in [5.74, 6) is 6.44. The van der Waals surface area contributed by atoms with Crippen molar-refractivity contribution in [2.75, 3.05) is 19.1 Å². The van der Waals surface area contributed by atoms with Crippen LogP contribution in [0.1, 0.15) is 25.8 Å². The molecule has 6 nitrogen and oxygen atoms in total. The molecule has 17 heavy (non-hydrogen) atoms. The van der Waals surface area contributed by atoms with Crippen molar-refractivity contribution in [2.24, 2.45) is 5.84 Å². The van der Waals surface area contributed by atoms with Crippen molar-refractivity contribution in [2.45, 2.75) is 32.8 Å². The van der Waals surface area contributed by atoms with Gasteiger partial charge in [0.05, 0.1) is 17.8 Å². The van der Waals surface area contributed by atoms with E-state index in [-0.39, 0.29) is 5.60 Å². The van der Waals surface area contributed by atoms with Gasteiger partial charge in [-0.1, -0.05) is 0 Å². The zero-order valence-corrected chi connectivity index (χ0v) is 10.8. The predicted octanol–water partition coefficient (Wildman–Crippen LogP) is 1.26. The quantitative estimate of drug-likeness (QED) is 0.575. The molecule has 0 fully saturated rings. The third-order valence-electron chi connectivity index (χ3n) is 2.67. The summed E-state index contributed by atoms with van der Waals surface area (Å²) in [5, 5.41) is 0. The first-order valence-corrected chi connectivity index (χ1v) is 5.46. The first-order chi connectivity index (χ1) is 8.00. The molecular weight excluding hydrogens is 220 g/mol. The van der Waals surface area contributed by atoms with Crippen LogP contribution in [0.25, 0.3) is 0 Å². The van der Waals surface area contributed by atoms with Crippen molar-refractivity contribution < 1.29 is 9.47 Å². The molecule has 0 aliphatic heterocycles. The molecule has 1 heterocycles. The summed E-state index contributed by atoms with van der Waals surface area (Å²) in [6.07, 6.45) is 2.19. The highest BCUT2D eigenvalue weighted by atomic mass is 16.5. The van der Waals surface area contributed by atoms with Crippen LogP contribution in [-0.4, -0.2) is 29.3 Å². The fourth-order valence-corrected chi connectivity index (χ4v) is 1.22.